The van der Waals surface area contributed by atoms with Crippen LogP contribution in [0.2, 0.25) is 0 Å². The normalized spacial score (nSPS) is 14.1. The molecule has 0 aromatic heterocycles. The van der Waals surface area contributed by atoms with E-state index in [0.29, 0.717) is 12.7 Å². The summed E-state index contributed by atoms with van der Waals surface area (Å²) in [4.78, 5) is 0. The molecule has 1 unspecified atom stereocenters. The van der Waals surface area contributed by atoms with Crippen LogP contribution in [0.4, 0.5) is 0 Å². The van der Waals surface area contributed by atoms with Crippen LogP contribution in [0.25, 0.3) is 0 Å². The third-order valence-corrected chi connectivity index (χ3v) is 2.99. The van der Waals surface area contributed by atoms with Crippen molar-refractivity contribution in [3.63, 3.8) is 0 Å². The van der Waals surface area contributed by atoms with Gasteiger partial charge in [0.15, 0.2) is 0 Å². The Morgan fingerprint density at radius 3 is 2.23 bits per heavy atom. The van der Waals surface area contributed by atoms with E-state index < -0.39 is 0 Å². The average molecular weight is 205 g/mol. The molecule has 0 amide bonds. The summed E-state index contributed by atoms with van der Waals surface area (Å²) in [7, 11) is 0. The number of hydrogen-bond acceptors (Lipinski definition) is 3. The van der Waals surface area contributed by atoms with Gasteiger partial charge in [0, 0.05) is 11.8 Å². The van der Waals surface area contributed by atoms with E-state index in [2.05, 4.69) is 13.8 Å². The van der Waals surface area contributed by atoms with Crippen LogP contribution in [0.5, 0.6) is 0 Å². The highest BCUT2D eigenvalue weighted by molar-refractivity contribution is 7.99. The van der Waals surface area contributed by atoms with E-state index in [1.165, 1.54) is 5.75 Å². The largest absolute Gasteiger partial charge is 0.377 e. The molecule has 0 aliphatic heterocycles. The number of nitrogens with two attached hydrogens (primary N) is 1. The molecular formula is C10H23NOS. The molecule has 80 valence electrons. The fourth-order valence-corrected chi connectivity index (χ4v) is 1.83. The van der Waals surface area contributed by atoms with Gasteiger partial charge in [-0.1, -0.05) is 13.8 Å². The van der Waals surface area contributed by atoms with Gasteiger partial charge in [0.25, 0.3) is 0 Å². The molecule has 2 N–H and O–H groups in total. The highest BCUT2D eigenvalue weighted by Crippen LogP contribution is 2.08. The Morgan fingerprint density at radius 1 is 1.15 bits per heavy atom. The summed E-state index contributed by atoms with van der Waals surface area (Å²) >= 11 is 1.92. The lowest BCUT2D eigenvalue weighted by atomic mass is 10.3. The van der Waals surface area contributed by atoms with Gasteiger partial charge in [-0.3, -0.25) is 0 Å². The van der Waals surface area contributed by atoms with Gasteiger partial charge in [0.05, 0.1) is 12.7 Å². The maximum absolute atomic E-state index is 5.86. The van der Waals surface area contributed by atoms with Gasteiger partial charge in [0.2, 0.25) is 0 Å². The van der Waals surface area contributed by atoms with Crippen molar-refractivity contribution in [2.24, 2.45) is 11.7 Å². The van der Waals surface area contributed by atoms with Gasteiger partial charge in [-0.15, -0.1) is 0 Å². The first-order valence-electron chi connectivity index (χ1n) is 4.97. The third-order valence-electron chi connectivity index (χ3n) is 1.43. The molecular weight excluding hydrogens is 182 g/mol. The Morgan fingerprint density at radius 2 is 1.77 bits per heavy atom. The van der Waals surface area contributed by atoms with Crippen LogP contribution in [0, 0.1) is 5.92 Å². The highest BCUT2D eigenvalue weighted by atomic mass is 32.2. The van der Waals surface area contributed by atoms with Crippen molar-refractivity contribution in [2.75, 3.05) is 18.1 Å². The van der Waals surface area contributed by atoms with E-state index in [-0.39, 0.29) is 6.04 Å². The Hall–Kier alpha value is 0.270. The van der Waals surface area contributed by atoms with E-state index in [1.54, 1.807) is 0 Å². The van der Waals surface area contributed by atoms with Crippen molar-refractivity contribution < 1.29 is 4.74 Å². The van der Waals surface area contributed by atoms with E-state index in [9.17, 15) is 0 Å². The molecule has 0 aliphatic carbocycles. The summed E-state index contributed by atoms with van der Waals surface area (Å²) < 4.78 is 5.42. The molecule has 0 aromatic rings. The Labute approximate surface area is 86.6 Å². The monoisotopic (exact) mass is 205 g/mol. The smallest absolute Gasteiger partial charge is 0.0629 e. The molecule has 2 nitrogen and oxygen atoms in total. The Balaban J connectivity index is 3.25. The van der Waals surface area contributed by atoms with Crippen LogP contribution in [0.1, 0.15) is 27.7 Å². The molecule has 0 radical (unpaired) electrons. The van der Waals surface area contributed by atoms with E-state index in [0.717, 1.165) is 11.7 Å². The summed E-state index contributed by atoms with van der Waals surface area (Å²) in [5.74, 6) is 2.95. The zero-order valence-electron chi connectivity index (χ0n) is 9.25. The fourth-order valence-electron chi connectivity index (χ4n) is 0.819. The Bertz CT molecular complexity index is 117. The molecule has 3 heteroatoms. The van der Waals surface area contributed by atoms with Crippen LogP contribution < -0.4 is 5.73 Å². The van der Waals surface area contributed by atoms with Gasteiger partial charge in [0.1, 0.15) is 0 Å². The quantitative estimate of drug-likeness (QED) is 0.691. The standard InChI is InChI=1S/C10H23NOS/c1-8(2)6-13-7-10(11)5-12-9(3)4/h8-10H,5-7,11H2,1-4H3. The van der Waals surface area contributed by atoms with E-state index >= 15 is 0 Å². The predicted molar refractivity (Wildman–Crippen MR) is 61.2 cm³/mol. The van der Waals surface area contributed by atoms with E-state index in [1.807, 2.05) is 25.6 Å². The van der Waals surface area contributed by atoms with E-state index in [4.69, 9.17) is 10.5 Å². The second-order valence-electron chi connectivity index (χ2n) is 4.07. The number of thioether (sulfide) groups is 1. The zero-order chi connectivity index (χ0) is 10.3. The van der Waals surface area contributed by atoms with Crippen LogP contribution >= 0.6 is 11.8 Å². The Kier molecular flexibility index (Phi) is 7.81. The SMILES string of the molecule is CC(C)CSCC(N)COC(C)C. The van der Waals surface area contributed by atoms with Crippen LogP contribution in [0.3, 0.4) is 0 Å². The molecule has 0 bridgehead atoms. The second-order valence-corrected chi connectivity index (χ2v) is 5.15. The summed E-state index contributed by atoms with van der Waals surface area (Å²) in [6.45, 7) is 9.21. The second kappa shape index (κ2) is 7.65. The minimum absolute atomic E-state index is 0.186. The van der Waals surface area contributed by atoms with Crippen molar-refractivity contribution in [3.05, 3.63) is 0 Å². The lowest BCUT2D eigenvalue weighted by Crippen LogP contribution is -2.30. The molecule has 0 saturated heterocycles. The average Bonchev–Trinajstić information content (AvgIpc) is 2.00. The van der Waals surface area contributed by atoms with Gasteiger partial charge in [-0.25, -0.2) is 0 Å². The lowest BCUT2D eigenvalue weighted by molar-refractivity contribution is 0.0719. The van der Waals surface area contributed by atoms with Crippen molar-refractivity contribution in [3.8, 4) is 0 Å². The minimum Gasteiger partial charge on any atom is -0.377 e. The van der Waals surface area contributed by atoms with Gasteiger partial charge < -0.3 is 10.5 Å². The molecule has 0 spiro atoms. The lowest BCUT2D eigenvalue weighted by Gasteiger charge is -2.14. The fraction of sp³-hybridized carbons (Fsp3) is 1.00. The zero-order valence-corrected chi connectivity index (χ0v) is 10.1. The number of hydrogen-bond donors (Lipinski definition) is 1. The molecule has 0 aliphatic rings. The maximum Gasteiger partial charge on any atom is 0.0629 e. The van der Waals surface area contributed by atoms with Crippen LogP contribution in [0.15, 0.2) is 0 Å². The molecule has 0 fully saturated rings. The van der Waals surface area contributed by atoms with Crippen molar-refractivity contribution >= 4 is 11.8 Å². The summed E-state index contributed by atoms with van der Waals surface area (Å²) in [5, 5.41) is 0. The molecule has 0 rings (SSSR count). The topological polar surface area (TPSA) is 35.2 Å². The van der Waals surface area contributed by atoms with Crippen molar-refractivity contribution in [1.29, 1.82) is 0 Å². The molecule has 0 heterocycles. The highest BCUT2D eigenvalue weighted by Gasteiger charge is 2.04. The first-order chi connectivity index (χ1) is 6.02. The molecule has 1 atom stereocenters. The van der Waals surface area contributed by atoms with Gasteiger partial charge >= 0.3 is 0 Å². The van der Waals surface area contributed by atoms with Gasteiger partial charge in [-0.05, 0) is 25.5 Å². The molecule has 0 aromatic carbocycles. The first-order valence-corrected chi connectivity index (χ1v) is 6.12. The third kappa shape index (κ3) is 10.2. The van der Waals surface area contributed by atoms with Crippen LogP contribution in [-0.2, 0) is 4.74 Å². The van der Waals surface area contributed by atoms with Crippen molar-refractivity contribution in [1.82, 2.24) is 0 Å². The maximum atomic E-state index is 5.86. The first kappa shape index (κ1) is 13.3. The summed E-state index contributed by atoms with van der Waals surface area (Å²) in [6.07, 6.45) is 0.293. The minimum atomic E-state index is 0.186. The number of ether oxygens (including phenoxy) is 1. The summed E-state index contributed by atoms with van der Waals surface area (Å²) in [5.41, 5.74) is 5.86. The molecule has 0 saturated carbocycles. The summed E-state index contributed by atoms with van der Waals surface area (Å²) in [6, 6.07) is 0.186. The molecule has 13 heavy (non-hydrogen) atoms. The van der Waals surface area contributed by atoms with Crippen molar-refractivity contribution in [2.45, 2.75) is 39.8 Å². The van der Waals surface area contributed by atoms with Gasteiger partial charge in [-0.2, -0.15) is 11.8 Å². The predicted octanol–water partition coefficient (Wildman–Crippen LogP) is 2.13. The van der Waals surface area contributed by atoms with Crippen LogP contribution in [-0.4, -0.2) is 30.3 Å². The number of rotatable bonds is 7.